The number of methoxy groups -OCH3 is 1. The Labute approximate surface area is 103 Å². The van der Waals surface area contributed by atoms with Crippen molar-refractivity contribution in [3.63, 3.8) is 0 Å². The summed E-state index contributed by atoms with van der Waals surface area (Å²) in [5.74, 6) is 2.06. The highest BCUT2D eigenvalue weighted by atomic mass is 32.2. The first-order valence-electron chi connectivity index (χ1n) is 5.51. The number of hydrogen-bond acceptors (Lipinski definition) is 5. The lowest BCUT2D eigenvalue weighted by Crippen LogP contribution is -2.20. The number of unbranched alkanes of at least 4 members (excludes halogenated alkanes) is 1. The Morgan fingerprint density at radius 1 is 1.19 bits per heavy atom. The number of ether oxygens (including phenoxy) is 1. The second kappa shape index (κ2) is 10.4. The van der Waals surface area contributed by atoms with E-state index < -0.39 is 9.84 Å². The third-order valence-electron chi connectivity index (χ3n) is 1.97. The van der Waals surface area contributed by atoms with E-state index in [0.29, 0.717) is 5.75 Å². The minimum Gasteiger partial charge on any atom is -0.383 e. The van der Waals surface area contributed by atoms with Crippen molar-refractivity contribution in [1.82, 2.24) is 5.32 Å². The first-order valence-corrected chi connectivity index (χ1v) is 8.73. The van der Waals surface area contributed by atoms with E-state index in [2.05, 4.69) is 5.32 Å². The molecule has 0 atom stereocenters. The van der Waals surface area contributed by atoms with Gasteiger partial charge in [0.15, 0.2) is 0 Å². The zero-order valence-corrected chi connectivity index (χ0v) is 11.8. The third-order valence-corrected chi connectivity index (χ3v) is 4.25. The van der Waals surface area contributed by atoms with Crippen molar-refractivity contribution in [3.05, 3.63) is 0 Å². The lowest BCUT2D eigenvalue weighted by molar-refractivity contribution is 0.199. The van der Waals surface area contributed by atoms with Crippen LogP contribution in [-0.2, 0) is 14.6 Å². The van der Waals surface area contributed by atoms with Gasteiger partial charge in [0.1, 0.15) is 9.84 Å². The molecule has 0 heterocycles. The van der Waals surface area contributed by atoms with Gasteiger partial charge >= 0.3 is 0 Å². The maximum Gasteiger partial charge on any atom is 0.148 e. The maximum atomic E-state index is 10.8. The first kappa shape index (κ1) is 16.2. The zero-order chi connectivity index (χ0) is 12.3. The highest BCUT2D eigenvalue weighted by molar-refractivity contribution is 8.00. The molecule has 0 rings (SSSR count). The van der Waals surface area contributed by atoms with Gasteiger partial charge in [-0.25, -0.2) is 8.42 Å². The predicted octanol–water partition coefficient (Wildman–Crippen LogP) is 0.780. The number of thioether (sulfide) groups is 1. The Bertz CT molecular complexity index is 242. The molecule has 0 unspecified atom stereocenters. The Morgan fingerprint density at radius 3 is 2.56 bits per heavy atom. The smallest absolute Gasteiger partial charge is 0.148 e. The summed E-state index contributed by atoms with van der Waals surface area (Å²) in [5.41, 5.74) is 0. The fourth-order valence-electron chi connectivity index (χ4n) is 1.07. The van der Waals surface area contributed by atoms with E-state index in [9.17, 15) is 8.42 Å². The molecule has 0 aromatic carbocycles. The molecule has 0 spiro atoms. The van der Waals surface area contributed by atoms with Crippen LogP contribution < -0.4 is 5.32 Å². The van der Waals surface area contributed by atoms with Crippen molar-refractivity contribution in [2.75, 3.05) is 50.3 Å². The van der Waals surface area contributed by atoms with Gasteiger partial charge in [-0.15, -0.1) is 0 Å². The van der Waals surface area contributed by atoms with Crippen LogP contribution in [0, 0.1) is 0 Å². The van der Waals surface area contributed by atoms with Crippen molar-refractivity contribution in [2.45, 2.75) is 12.8 Å². The van der Waals surface area contributed by atoms with E-state index in [0.717, 1.165) is 44.0 Å². The summed E-state index contributed by atoms with van der Waals surface area (Å²) < 4.78 is 26.6. The summed E-state index contributed by atoms with van der Waals surface area (Å²) in [5, 5.41) is 3.27. The molecule has 0 aliphatic heterocycles. The second-order valence-corrected chi connectivity index (χ2v) is 7.18. The molecule has 16 heavy (non-hydrogen) atoms. The molecule has 0 radical (unpaired) electrons. The summed E-state index contributed by atoms with van der Waals surface area (Å²) in [4.78, 5) is 0. The average Bonchev–Trinajstić information content (AvgIpc) is 2.19. The van der Waals surface area contributed by atoms with Crippen LogP contribution in [0.4, 0.5) is 0 Å². The maximum absolute atomic E-state index is 10.8. The first-order chi connectivity index (χ1) is 7.56. The topological polar surface area (TPSA) is 55.4 Å². The summed E-state index contributed by atoms with van der Waals surface area (Å²) in [7, 11) is -1.08. The quantitative estimate of drug-likeness (QED) is 0.562. The highest BCUT2D eigenvalue weighted by Crippen LogP contribution is 2.04. The average molecular weight is 269 g/mol. The lowest BCUT2D eigenvalue weighted by atomic mass is 10.3. The predicted molar refractivity (Wildman–Crippen MR) is 71.0 cm³/mol. The molecule has 0 amide bonds. The molecule has 0 saturated carbocycles. The summed E-state index contributed by atoms with van der Waals surface area (Å²) >= 11 is 1.72. The van der Waals surface area contributed by atoms with Crippen LogP contribution in [0.15, 0.2) is 0 Å². The normalized spacial score (nSPS) is 11.9. The summed E-state index contributed by atoms with van der Waals surface area (Å²) in [6.07, 6.45) is 3.55. The van der Waals surface area contributed by atoms with Crippen molar-refractivity contribution < 1.29 is 13.2 Å². The van der Waals surface area contributed by atoms with Crippen molar-refractivity contribution in [2.24, 2.45) is 0 Å². The van der Waals surface area contributed by atoms with E-state index in [1.807, 2.05) is 0 Å². The number of sulfone groups is 1. The van der Waals surface area contributed by atoms with Crippen LogP contribution in [0.5, 0.6) is 0 Å². The Balaban J connectivity index is 3.05. The van der Waals surface area contributed by atoms with E-state index in [1.165, 1.54) is 6.26 Å². The van der Waals surface area contributed by atoms with Gasteiger partial charge in [-0.05, 0) is 25.1 Å². The standard InChI is InChI=1S/C10H23NO3S2/c1-14-7-6-11-5-3-4-8-15-9-10-16(2,12)13/h11H,3-10H2,1-2H3. The minimum absolute atomic E-state index is 0.295. The fraction of sp³-hybridized carbons (Fsp3) is 1.00. The van der Waals surface area contributed by atoms with E-state index in [1.54, 1.807) is 18.9 Å². The van der Waals surface area contributed by atoms with Gasteiger partial charge < -0.3 is 10.1 Å². The lowest BCUT2D eigenvalue weighted by Gasteiger charge is -2.03. The van der Waals surface area contributed by atoms with Gasteiger partial charge in [-0.2, -0.15) is 11.8 Å². The van der Waals surface area contributed by atoms with Gasteiger partial charge in [0, 0.05) is 25.7 Å². The zero-order valence-electron chi connectivity index (χ0n) is 10.2. The Morgan fingerprint density at radius 2 is 1.94 bits per heavy atom. The van der Waals surface area contributed by atoms with Gasteiger partial charge in [-0.1, -0.05) is 0 Å². The minimum atomic E-state index is -2.78. The molecule has 0 aliphatic rings. The van der Waals surface area contributed by atoms with Gasteiger partial charge in [0.25, 0.3) is 0 Å². The van der Waals surface area contributed by atoms with Gasteiger partial charge in [0.2, 0.25) is 0 Å². The monoisotopic (exact) mass is 269 g/mol. The Hall–Kier alpha value is 0.220. The molecule has 4 nitrogen and oxygen atoms in total. The molecule has 0 aromatic rings. The van der Waals surface area contributed by atoms with Crippen LogP contribution in [0.3, 0.4) is 0 Å². The van der Waals surface area contributed by atoms with Crippen LogP contribution in [0.1, 0.15) is 12.8 Å². The SMILES string of the molecule is COCCNCCCCSCCS(C)(=O)=O. The van der Waals surface area contributed by atoms with E-state index in [4.69, 9.17) is 4.74 Å². The largest absolute Gasteiger partial charge is 0.383 e. The number of rotatable bonds is 11. The second-order valence-electron chi connectivity index (χ2n) is 3.69. The van der Waals surface area contributed by atoms with Crippen molar-refractivity contribution in [1.29, 1.82) is 0 Å². The molecule has 98 valence electrons. The molecule has 6 heteroatoms. The summed E-state index contributed by atoms with van der Waals surface area (Å²) in [6, 6.07) is 0. The van der Waals surface area contributed by atoms with E-state index >= 15 is 0 Å². The van der Waals surface area contributed by atoms with Crippen LogP contribution in [-0.4, -0.2) is 58.7 Å². The van der Waals surface area contributed by atoms with Gasteiger partial charge in [-0.3, -0.25) is 0 Å². The highest BCUT2D eigenvalue weighted by Gasteiger charge is 2.00. The molecular formula is C10H23NO3S2. The van der Waals surface area contributed by atoms with Crippen LogP contribution >= 0.6 is 11.8 Å². The summed E-state index contributed by atoms with van der Waals surface area (Å²) in [6.45, 7) is 2.66. The molecular weight excluding hydrogens is 246 g/mol. The molecule has 0 aromatic heterocycles. The number of nitrogens with one attached hydrogen (secondary N) is 1. The molecule has 0 bridgehead atoms. The van der Waals surface area contributed by atoms with Crippen LogP contribution in [0.2, 0.25) is 0 Å². The molecule has 0 saturated heterocycles. The number of hydrogen-bond donors (Lipinski definition) is 1. The molecule has 0 aliphatic carbocycles. The fourth-order valence-corrected chi connectivity index (χ4v) is 3.36. The van der Waals surface area contributed by atoms with Crippen LogP contribution in [0.25, 0.3) is 0 Å². The van der Waals surface area contributed by atoms with Crippen molar-refractivity contribution >= 4 is 21.6 Å². The molecule has 0 fully saturated rings. The van der Waals surface area contributed by atoms with Crippen molar-refractivity contribution in [3.8, 4) is 0 Å². The molecule has 1 N–H and O–H groups in total. The third kappa shape index (κ3) is 14.2. The van der Waals surface area contributed by atoms with Gasteiger partial charge in [0.05, 0.1) is 12.4 Å². The van der Waals surface area contributed by atoms with E-state index in [-0.39, 0.29) is 0 Å². The Kier molecular flexibility index (Phi) is 10.5.